The van der Waals surface area contributed by atoms with Gasteiger partial charge in [0, 0.05) is 17.6 Å². The summed E-state index contributed by atoms with van der Waals surface area (Å²) in [6, 6.07) is 5.65. The molecule has 3 rings (SSSR count). The van der Waals surface area contributed by atoms with Crippen LogP contribution in [0.1, 0.15) is 48.9 Å². The fourth-order valence-corrected chi connectivity index (χ4v) is 4.36. The van der Waals surface area contributed by atoms with Crippen molar-refractivity contribution in [2.24, 2.45) is 5.41 Å². The van der Waals surface area contributed by atoms with Crippen molar-refractivity contribution in [1.29, 1.82) is 0 Å². The van der Waals surface area contributed by atoms with E-state index >= 15 is 0 Å². The zero-order valence-electron chi connectivity index (χ0n) is 11.6. The Morgan fingerprint density at radius 2 is 1.80 bits per heavy atom. The number of halogens is 1. The maximum absolute atomic E-state index is 11.5. The third-order valence-corrected chi connectivity index (χ3v) is 5.70. The van der Waals surface area contributed by atoms with Crippen molar-refractivity contribution >= 4 is 27.6 Å². The van der Waals surface area contributed by atoms with Gasteiger partial charge in [0.15, 0.2) is 0 Å². The summed E-state index contributed by atoms with van der Waals surface area (Å²) in [6.07, 6.45) is 7.89. The maximum Gasteiger partial charge on any atom is 0.338 e. The van der Waals surface area contributed by atoms with E-state index in [0.29, 0.717) is 15.5 Å². The minimum absolute atomic E-state index is 0.398. The van der Waals surface area contributed by atoms with Crippen LogP contribution >= 0.6 is 15.9 Å². The van der Waals surface area contributed by atoms with Crippen LogP contribution in [0.2, 0.25) is 0 Å². The maximum atomic E-state index is 11.5. The van der Waals surface area contributed by atoms with Crippen LogP contribution < -0.4 is 4.90 Å². The molecule has 1 aliphatic heterocycles. The van der Waals surface area contributed by atoms with Crippen LogP contribution in [-0.2, 0) is 0 Å². The number of piperidine rings is 1. The van der Waals surface area contributed by atoms with Crippen molar-refractivity contribution in [1.82, 2.24) is 0 Å². The molecule has 108 valence electrons. The highest BCUT2D eigenvalue weighted by Crippen LogP contribution is 2.47. The number of carboxylic acids is 1. The zero-order chi connectivity index (χ0) is 14.2. The van der Waals surface area contributed by atoms with Crippen molar-refractivity contribution in [2.75, 3.05) is 18.0 Å². The Hall–Kier alpha value is -1.03. The van der Waals surface area contributed by atoms with Crippen molar-refractivity contribution in [2.45, 2.75) is 38.5 Å². The summed E-state index contributed by atoms with van der Waals surface area (Å²) in [7, 11) is 0. The second kappa shape index (κ2) is 5.40. The van der Waals surface area contributed by atoms with E-state index in [-0.39, 0.29) is 0 Å². The molecule has 2 fully saturated rings. The SMILES string of the molecule is O=C(O)c1c(Br)cccc1N1CCC2(CCCC2)CC1. The van der Waals surface area contributed by atoms with Gasteiger partial charge in [-0.25, -0.2) is 4.79 Å². The molecular weight excluding hydrogens is 318 g/mol. The summed E-state index contributed by atoms with van der Waals surface area (Å²) in [5, 5.41) is 9.43. The number of carboxylic acid groups (broad SMARTS) is 1. The van der Waals surface area contributed by atoms with Gasteiger partial charge in [-0.3, -0.25) is 0 Å². The predicted molar refractivity (Wildman–Crippen MR) is 83.4 cm³/mol. The highest BCUT2D eigenvalue weighted by Gasteiger charge is 2.37. The molecule has 1 saturated heterocycles. The number of aromatic carboxylic acids is 1. The Morgan fingerprint density at radius 3 is 2.40 bits per heavy atom. The Kier molecular flexibility index (Phi) is 3.76. The molecule has 1 saturated carbocycles. The zero-order valence-corrected chi connectivity index (χ0v) is 13.2. The molecule has 0 bridgehead atoms. The fourth-order valence-electron chi connectivity index (χ4n) is 3.83. The number of benzene rings is 1. The summed E-state index contributed by atoms with van der Waals surface area (Å²) >= 11 is 3.37. The van der Waals surface area contributed by atoms with Crippen molar-refractivity contribution in [3.8, 4) is 0 Å². The molecule has 2 aliphatic rings. The molecule has 1 N–H and O–H groups in total. The lowest BCUT2D eigenvalue weighted by Crippen LogP contribution is -2.39. The van der Waals surface area contributed by atoms with Crippen LogP contribution in [-0.4, -0.2) is 24.2 Å². The van der Waals surface area contributed by atoms with Gasteiger partial charge in [-0.2, -0.15) is 0 Å². The molecule has 3 nitrogen and oxygen atoms in total. The number of anilines is 1. The molecule has 1 heterocycles. The quantitative estimate of drug-likeness (QED) is 0.874. The Bertz CT molecular complexity index is 513. The first kappa shape index (κ1) is 13.9. The normalized spacial score (nSPS) is 21.4. The van der Waals surface area contributed by atoms with Crippen LogP contribution in [0.4, 0.5) is 5.69 Å². The molecular formula is C16H20BrNO2. The van der Waals surface area contributed by atoms with Gasteiger partial charge >= 0.3 is 5.97 Å². The fraction of sp³-hybridized carbons (Fsp3) is 0.562. The summed E-state index contributed by atoms with van der Waals surface area (Å²) in [4.78, 5) is 13.7. The lowest BCUT2D eigenvalue weighted by atomic mass is 9.77. The minimum atomic E-state index is -0.853. The van der Waals surface area contributed by atoms with E-state index in [9.17, 15) is 9.90 Å². The third-order valence-electron chi connectivity index (χ3n) is 5.03. The first-order valence-electron chi connectivity index (χ1n) is 7.38. The van der Waals surface area contributed by atoms with E-state index < -0.39 is 5.97 Å². The van der Waals surface area contributed by atoms with Gasteiger partial charge in [-0.1, -0.05) is 18.9 Å². The second-order valence-electron chi connectivity index (χ2n) is 6.13. The van der Waals surface area contributed by atoms with E-state index in [1.807, 2.05) is 12.1 Å². The standard InChI is InChI=1S/C16H20BrNO2/c17-12-4-3-5-13(14(12)15(19)20)18-10-8-16(9-11-18)6-1-2-7-16/h3-5H,1-2,6-11H2,(H,19,20). The number of rotatable bonds is 2. The second-order valence-corrected chi connectivity index (χ2v) is 6.99. The van der Waals surface area contributed by atoms with E-state index in [1.165, 1.54) is 38.5 Å². The monoisotopic (exact) mass is 337 g/mol. The van der Waals surface area contributed by atoms with Crippen molar-refractivity contribution in [3.63, 3.8) is 0 Å². The van der Waals surface area contributed by atoms with Crippen molar-refractivity contribution < 1.29 is 9.90 Å². The molecule has 0 aromatic heterocycles. The van der Waals surface area contributed by atoms with Gasteiger partial charge in [0.05, 0.1) is 11.3 Å². The summed E-state index contributed by atoms with van der Waals surface area (Å²) in [5.41, 5.74) is 1.82. The third kappa shape index (κ3) is 2.46. The van der Waals surface area contributed by atoms with Crippen molar-refractivity contribution in [3.05, 3.63) is 28.2 Å². The Balaban J connectivity index is 1.81. The van der Waals surface area contributed by atoms with E-state index in [0.717, 1.165) is 18.8 Å². The molecule has 1 aromatic carbocycles. The van der Waals surface area contributed by atoms with Crippen LogP contribution in [0.25, 0.3) is 0 Å². The highest BCUT2D eigenvalue weighted by atomic mass is 79.9. The smallest absolute Gasteiger partial charge is 0.338 e. The van der Waals surface area contributed by atoms with Gasteiger partial charge in [-0.05, 0) is 59.2 Å². The molecule has 0 unspecified atom stereocenters. The Morgan fingerprint density at radius 1 is 1.15 bits per heavy atom. The van der Waals surface area contributed by atoms with Gasteiger partial charge in [0.2, 0.25) is 0 Å². The van der Waals surface area contributed by atoms with E-state index in [4.69, 9.17) is 0 Å². The minimum Gasteiger partial charge on any atom is -0.478 e. The van der Waals surface area contributed by atoms with Crippen LogP contribution in [0.3, 0.4) is 0 Å². The van der Waals surface area contributed by atoms with E-state index in [2.05, 4.69) is 20.8 Å². The van der Waals surface area contributed by atoms with Crippen LogP contribution in [0, 0.1) is 5.41 Å². The lowest BCUT2D eigenvalue weighted by Gasteiger charge is -2.41. The number of carbonyl (C=O) groups is 1. The summed E-state index contributed by atoms with van der Waals surface area (Å²) < 4.78 is 0.670. The highest BCUT2D eigenvalue weighted by molar-refractivity contribution is 9.10. The molecule has 0 amide bonds. The lowest BCUT2D eigenvalue weighted by molar-refractivity contribution is 0.0696. The first-order valence-corrected chi connectivity index (χ1v) is 8.17. The van der Waals surface area contributed by atoms with Crippen LogP contribution in [0.15, 0.2) is 22.7 Å². The van der Waals surface area contributed by atoms with Gasteiger partial charge in [-0.15, -0.1) is 0 Å². The number of hydrogen-bond acceptors (Lipinski definition) is 2. The molecule has 1 spiro atoms. The molecule has 1 aliphatic carbocycles. The molecule has 0 radical (unpaired) electrons. The van der Waals surface area contributed by atoms with Gasteiger partial charge in [0.1, 0.15) is 0 Å². The van der Waals surface area contributed by atoms with Gasteiger partial charge in [0.25, 0.3) is 0 Å². The topological polar surface area (TPSA) is 40.5 Å². The molecule has 1 aromatic rings. The van der Waals surface area contributed by atoms with Gasteiger partial charge < -0.3 is 10.0 Å². The average Bonchev–Trinajstić information content (AvgIpc) is 2.87. The molecule has 4 heteroatoms. The largest absolute Gasteiger partial charge is 0.478 e. The van der Waals surface area contributed by atoms with Crippen LogP contribution in [0.5, 0.6) is 0 Å². The number of hydrogen-bond donors (Lipinski definition) is 1. The molecule has 20 heavy (non-hydrogen) atoms. The Labute approximate surface area is 128 Å². The summed E-state index contributed by atoms with van der Waals surface area (Å²) in [5.74, 6) is -0.853. The molecule has 0 atom stereocenters. The summed E-state index contributed by atoms with van der Waals surface area (Å²) in [6.45, 7) is 1.97. The predicted octanol–water partition coefficient (Wildman–Crippen LogP) is 4.31. The average molecular weight is 338 g/mol. The first-order chi connectivity index (χ1) is 9.61. The van der Waals surface area contributed by atoms with E-state index in [1.54, 1.807) is 6.07 Å². The number of nitrogens with zero attached hydrogens (tertiary/aromatic N) is 1.